The number of carbonyl (C=O) groups is 1. The van der Waals surface area contributed by atoms with Crippen molar-refractivity contribution in [2.75, 3.05) is 24.6 Å². The van der Waals surface area contributed by atoms with Gasteiger partial charge in [0.1, 0.15) is 16.2 Å². The number of fused-ring (bicyclic) bond motifs is 1. The zero-order valence-electron chi connectivity index (χ0n) is 15.9. The molecule has 158 valence electrons. The van der Waals surface area contributed by atoms with Crippen molar-refractivity contribution >= 4 is 32.6 Å². The minimum Gasteiger partial charge on any atom is -0.492 e. The third-order valence-electron chi connectivity index (χ3n) is 4.60. The highest BCUT2D eigenvalue weighted by Crippen LogP contribution is 2.34. The molecule has 30 heavy (non-hydrogen) atoms. The summed E-state index contributed by atoms with van der Waals surface area (Å²) in [6.45, 7) is 1.20. The first-order valence-electron chi connectivity index (χ1n) is 9.14. The van der Waals surface area contributed by atoms with Crippen LogP contribution in [0.3, 0.4) is 0 Å². The molecule has 1 aliphatic heterocycles. The van der Waals surface area contributed by atoms with Gasteiger partial charge in [-0.25, -0.2) is 21.9 Å². The van der Waals surface area contributed by atoms with Crippen molar-refractivity contribution in [3.05, 3.63) is 54.3 Å². The number of furan rings is 1. The van der Waals surface area contributed by atoms with Crippen molar-refractivity contribution in [3.8, 4) is 5.75 Å². The van der Waals surface area contributed by atoms with Crippen LogP contribution in [-0.4, -0.2) is 39.9 Å². The number of rotatable bonds is 6. The molecule has 1 saturated heterocycles. The van der Waals surface area contributed by atoms with Gasteiger partial charge in [0.2, 0.25) is 0 Å². The lowest BCUT2D eigenvalue weighted by molar-refractivity contribution is -0.0262. The highest BCUT2D eigenvalue weighted by Gasteiger charge is 2.44. The molecule has 10 heteroatoms. The highest BCUT2D eigenvalue weighted by atomic mass is 32.2. The molecule has 1 aliphatic rings. The number of ether oxygens (including phenoxy) is 1. The number of amides is 1. The number of nitrogens with one attached hydrogen (secondary N) is 1. The molecule has 0 atom stereocenters. The van der Waals surface area contributed by atoms with Gasteiger partial charge in [-0.1, -0.05) is 12.1 Å². The van der Waals surface area contributed by atoms with E-state index in [2.05, 4.69) is 0 Å². The number of alkyl halides is 2. The average molecular weight is 436 g/mol. The maximum absolute atomic E-state index is 13.1. The van der Waals surface area contributed by atoms with Gasteiger partial charge in [-0.2, -0.15) is 0 Å². The van der Waals surface area contributed by atoms with Crippen molar-refractivity contribution in [1.82, 2.24) is 4.72 Å². The molecule has 7 nitrogen and oxygen atoms in total. The van der Waals surface area contributed by atoms with Crippen LogP contribution in [0.15, 0.2) is 57.8 Å². The van der Waals surface area contributed by atoms with E-state index >= 15 is 0 Å². The van der Waals surface area contributed by atoms with E-state index in [1.165, 1.54) is 29.2 Å². The van der Waals surface area contributed by atoms with Gasteiger partial charge >= 0.3 is 5.91 Å². The fourth-order valence-electron chi connectivity index (χ4n) is 3.20. The first-order valence-corrected chi connectivity index (χ1v) is 10.6. The van der Waals surface area contributed by atoms with Gasteiger partial charge in [0.05, 0.1) is 19.7 Å². The molecule has 2 heterocycles. The van der Waals surface area contributed by atoms with Crippen molar-refractivity contribution in [3.63, 3.8) is 0 Å². The van der Waals surface area contributed by atoms with E-state index in [1.807, 2.05) is 4.72 Å². The van der Waals surface area contributed by atoms with Gasteiger partial charge in [0, 0.05) is 17.1 Å². The van der Waals surface area contributed by atoms with Gasteiger partial charge in [-0.05, 0) is 37.3 Å². The van der Waals surface area contributed by atoms with Crippen LogP contribution >= 0.6 is 0 Å². The summed E-state index contributed by atoms with van der Waals surface area (Å²) in [6, 6.07) is 12.2. The van der Waals surface area contributed by atoms with E-state index in [-0.39, 0.29) is 36.1 Å². The summed E-state index contributed by atoms with van der Waals surface area (Å²) >= 11 is 0. The molecule has 1 fully saturated rings. The molecule has 0 spiro atoms. The Morgan fingerprint density at radius 3 is 2.63 bits per heavy atom. The van der Waals surface area contributed by atoms with Crippen LogP contribution < -0.4 is 14.4 Å². The quantitative estimate of drug-likeness (QED) is 0.637. The van der Waals surface area contributed by atoms with E-state index in [1.54, 1.807) is 31.2 Å². The first kappa shape index (κ1) is 20.1. The molecule has 1 N–H and O–H groups in total. The van der Waals surface area contributed by atoms with Crippen molar-refractivity contribution in [2.45, 2.75) is 17.7 Å². The molecule has 2 aromatic carbocycles. The van der Waals surface area contributed by atoms with Crippen LogP contribution in [0.5, 0.6) is 5.75 Å². The number of hydrogen-bond donors (Lipinski definition) is 1. The largest absolute Gasteiger partial charge is 0.492 e. The normalized spacial score (nSPS) is 15.6. The zero-order chi connectivity index (χ0) is 21.5. The van der Waals surface area contributed by atoms with Crippen LogP contribution in [0.1, 0.15) is 17.5 Å². The van der Waals surface area contributed by atoms with E-state index < -0.39 is 21.9 Å². The predicted octanol–water partition coefficient (Wildman–Crippen LogP) is 3.41. The summed E-state index contributed by atoms with van der Waals surface area (Å²) in [6.07, 6.45) is 0. The Labute approximate surface area is 171 Å². The fourth-order valence-corrected chi connectivity index (χ4v) is 4.30. The van der Waals surface area contributed by atoms with Crippen LogP contribution in [0.25, 0.3) is 11.0 Å². The van der Waals surface area contributed by atoms with Gasteiger partial charge in [0.15, 0.2) is 5.76 Å². The third-order valence-corrected chi connectivity index (χ3v) is 5.97. The topological polar surface area (TPSA) is 88.8 Å². The predicted molar refractivity (Wildman–Crippen MR) is 106 cm³/mol. The molecule has 0 radical (unpaired) electrons. The summed E-state index contributed by atoms with van der Waals surface area (Å²) in [5.41, 5.74) is 0.827. The Kier molecular flexibility index (Phi) is 4.89. The van der Waals surface area contributed by atoms with E-state index in [0.717, 1.165) is 0 Å². The SMILES string of the molecule is CCOc1ccccc1S(=O)(=O)NC(=O)c1cc2ccc(N3CC(F)(F)C3)cc2o1. The summed E-state index contributed by atoms with van der Waals surface area (Å²) < 4.78 is 64.2. The van der Waals surface area contributed by atoms with Crippen LogP contribution in [0, 0.1) is 0 Å². The minimum absolute atomic E-state index is 0.126. The standard InChI is InChI=1S/C20H18F2N2O5S/c1-2-28-15-5-3-4-6-18(15)30(26,27)23-19(25)17-9-13-7-8-14(10-16(13)29-17)24-11-20(21,22)12-24/h3-10H,2,11-12H2,1H3,(H,23,25). The van der Waals surface area contributed by atoms with E-state index in [0.29, 0.717) is 16.7 Å². The summed E-state index contributed by atoms with van der Waals surface area (Å²) in [5.74, 6) is -3.75. The lowest BCUT2D eigenvalue weighted by Gasteiger charge is -2.40. The highest BCUT2D eigenvalue weighted by molar-refractivity contribution is 7.90. The van der Waals surface area contributed by atoms with Gasteiger partial charge in [0.25, 0.3) is 15.9 Å². The summed E-state index contributed by atoms with van der Waals surface area (Å²) in [5, 5.41) is 0.545. The number of anilines is 1. The van der Waals surface area contributed by atoms with Crippen LogP contribution in [-0.2, 0) is 10.0 Å². The van der Waals surface area contributed by atoms with Crippen LogP contribution in [0.2, 0.25) is 0 Å². The number of benzene rings is 2. The number of nitrogens with zero attached hydrogens (tertiary/aromatic N) is 1. The van der Waals surface area contributed by atoms with Crippen molar-refractivity contribution < 1.29 is 31.1 Å². The second-order valence-corrected chi connectivity index (χ2v) is 8.51. The molecule has 0 saturated carbocycles. The van der Waals surface area contributed by atoms with Crippen molar-refractivity contribution in [2.24, 2.45) is 0 Å². The first-order chi connectivity index (χ1) is 14.2. The molecule has 0 aliphatic carbocycles. The average Bonchev–Trinajstić information content (AvgIpc) is 3.10. The van der Waals surface area contributed by atoms with E-state index in [9.17, 15) is 22.0 Å². The monoisotopic (exact) mass is 436 g/mol. The molecule has 1 amide bonds. The third kappa shape index (κ3) is 3.82. The molecule has 4 rings (SSSR count). The maximum atomic E-state index is 13.1. The van der Waals surface area contributed by atoms with Crippen LogP contribution in [0.4, 0.5) is 14.5 Å². The van der Waals surface area contributed by atoms with Gasteiger partial charge in [-0.15, -0.1) is 0 Å². The molecule has 1 aromatic heterocycles. The molecular weight excluding hydrogens is 418 g/mol. The lowest BCUT2D eigenvalue weighted by atomic mass is 10.1. The number of sulfonamides is 1. The maximum Gasteiger partial charge on any atom is 0.300 e. The molecule has 3 aromatic rings. The number of para-hydroxylation sites is 1. The Morgan fingerprint density at radius 2 is 1.93 bits per heavy atom. The molecule has 0 unspecified atom stereocenters. The fraction of sp³-hybridized carbons (Fsp3) is 0.250. The Balaban J connectivity index is 1.56. The zero-order valence-corrected chi connectivity index (χ0v) is 16.7. The Bertz CT molecular complexity index is 1210. The number of hydrogen-bond acceptors (Lipinski definition) is 6. The number of carbonyl (C=O) groups excluding carboxylic acids is 1. The van der Waals surface area contributed by atoms with Gasteiger partial charge in [-0.3, -0.25) is 4.79 Å². The van der Waals surface area contributed by atoms with Gasteiger partial charge < -0.3 is 14.1 Å². The minimum atomic E-state index is -4.20. The summed E-state index contributed by atoms with van der Waals surface area (Å²) in [4.78, 5) is 13.8. The Morgan fingerprint density at radius 1 is 1.20 bits per heavy atom. The number of halogens is 2. The lowest BCUT2D eigenvalue weighted by Crippen LogP contribution is -2.56. The second kappa shape index (κ2) is 7.28. The second-order valence-electron chi connectivity index (χ2n) is 6.86. The summed E-state index contributed by atoms with van der Waals surface area (Å²) in [7, 11) is -4.20. The Hall–Kier alpha value is -3.14. The molecule has 0 bridgehead atoms. The smallest absolute Gasteiger partial charge is 0.300 e. The molecular formula is C20H18F2N2O5S. The van der Waals surface area contributed by atoms with Crippen molar-refractivity contribution in [1.29, 1.82) is 0 Å². The van der Waals surface area contributed by atoms with E-state index in [4.69, 9.17) is 9.15 Å².